The van der Waals surface area contributed by atoms with E-state index in [1.165, 1.54) is 17.5 Å². The molecule has 0 spiro atoms. The van der Waals surface area contributed by atoms with Gasteiger partial charge in [0.25, 0.3) is 0 Å². The van der Waals surface area contributed by atoms with E-state index < -0.39 is 21.9 Å². The third-order valence-electron chi connectivity index (χ3n) is 4.95. The molecule has 1 aliphatic rings. The van der Waals surface area contributed by atoms with Gasteiger partial charge in [0.15, 0.2) is 0 Å². The van der Waals surface area contributed by atoms with Crippen molar-refractivity contribution in [2.75, 3.05) is 12.8 Å². The fourth-order valence-corrected chi connectivity index (χ4v) is 4.08. The molecule has 0 amide bonds. The van der Waals surface area contributed by atoms with Crippen LogP contribution in [-0.2, 0) is 34.0 Å². The summed E-state index contributed by atoms with van der Waals surface area (Å²) < 4.78 is 53.4. The van der Waals surface area contributed by atoms with Gasteiger partial charge in [-0.1, -0.05) is 30.3 Å². The molecule has 0 saturated carbocycles. The minimum absolute atomic E-state index is 0.601. The van der Waals surface area contributed by atoms with Crippen LogP contribution in [0.3, 0.4) is 0 Å². The number of nitrogens with one attached hydrogen (secondary N) is 1. The van der Waals surface area contributed by atoms with Crippen molar-refractivity contribution in [3.63, 3.8) is 0 Å². The van der Waals surface area contributed by atoms with Gasteiger partial charge in [-0.2, -0.15) is 18.3 Å². The van der Waals surface area contributed by atoms with E-state index in [0.29, 0.717) is 4.90 Å². The van der Waals surface area contributed by atoms with Crippen LogP contribution in [0.4, 0.5) is 13.2 Å². The molecule has 0 bridgehead atoms. The number of benzene rings is 2. The van der Waals surface area contributed by atoms with Crippen LogP contribution in [-0.4, -0.2) is 48.9 Å². The lowest BCUT2D eigenvalue weighted by Gasteiger charge is -2.26. The van der Waals surface area contributed by atoms with Crippen molar-refractivity contribution in [2.24, 2.45) is 0 Å². The average Bonchev–Trinajstić information content (AvgIpc) is 3.17. The quantitative estimate of drug-likeness (QED) is 0.586. The summed E-state index contributed by atoms with van der Waals surface area (Å²) in [6.45, 7) is 2.60. The van der Waals surface area contributed by atoms with Crippen LogP contribution in [0.25, 0.3) is 5.69 Å². The number of aromatic nitrogens is 2. The lowest BCUT2D eigenvalue weighted by Crippen LogP contribution is -2.29. The predicted octanol–water partition coefficient (Wildman–Crippen LogP) is 4.10. The van der Waals surface area contributed by atoms with E-state index in [2.05, 4.69) is 23.2 Å². The molecular weight excluding hydrogens is 457 g/mol. The summed E-state index contributed by atoms with van der Waals surface area (Å²) in [7, 11) is -2.67. The maximum absolute atomic E-state index is 12.0. The highest BCUT2D eigenvalue weighted by Crippen LogP contribution is 2.22. The molecule has 2 heterocycles. The molecular formula is C22H23F3N4O3S. The number of para-hydroxylation sites is 1. The molecule has 176 valence electrons. The molecule has 3 aromatic rings. The summed E-state index contributed by atoms with van der Waals surface area (Å²) in [5.74, 6) is -2.76. The second-order valence-corrected chi connectivity index (χ2v) is 9.79. The molecule has 2 aromatic carbocycles. The number of hydrogen-bond donors (Lipinski definition) is 2. The number of carbonyl (C=O) groups is 1. The Kier molecular flexibility index (Phi) is 7.23. The normalized spacial score (nSPS) is 15.6. The number of nitrogens with zero attached hydrogens (tertiary/aromatic N) is 3. The zero-order valence-corrected chi connectivity index (χ0v) is 18.6. The van der Waals surface area contributed by atoms with Crippen LogP contribution in [0.5, 0.6) is 0 Å². The Morgan fingerprint density at radius 2 is 1.85 bits per heavy atom. The number of halogens is 3. The molecule has 0 fully saturated rings. The molecule has 0 radical (unpaired) electrons. The lowest BCUT2D eigenvalue weighted by molar-refractivity contribution is -0.192. The SMILES string of the molecule is CS(=N)(=O)c1cccc(CN2CCc3nn(-c4ccccc4)cc3C2)c1.O=C(O)C(F)(F)F. The zero-order chi connectivity index (χ0) is 24.2. The first-order valence-electron chi connectivity index (χ1n) is 9.91. The van der Waals surface area contributed by atoms with Gasteiger partial charge in [-0.15, -0.1) is 0 Å². The molecule has 2 N–H and O–H groups in total. The van der Waals surface area contributed by atoms with Crippen molar-refractivity contribution >= 4 is 15.7 Å². The summed E-state index contributed by atoms with van der Waals surface area (Å²) in [5.41, 5.74) is 4.61. The lowest BCUT2D eigenvalue weighted by atomic mass is 10.1. The van der Waals surface area contributed by atoms with Crippen LogP contribution in [0.2, 0.25) is 0 Å². The van der Waals surface area contributed by atoms with Gasteiger partial charge in [0, 0.05) is 49.0 Å². The topological polar surface area (TPSA) is 99.3 Å². The van der Waals surface area contributed by atoms with Crippen molar-refractivity contribution in [1.29, 1.82) is 4.78 Å². The van der Waals surface area contributed by atoms with Gasteiger partial charge >= 0.3 is 12.1 Å². The van der Waals surface area contributed by atoms with E-state index in [-0.39, 0.29) is 0 Å². The largest absolute Gasteiger partial charge is 0.490 e. The van der Waals surface area contributed by atoms with E-state index in [1.54, 1.807) is 6.07 Å². The zero-order valence-electron chi connectivity index (χ0n) is 17.7. The van der Waals surface area contributed by atoms with Gasteiger partial charge < -0.3 is 5.11 Å². The fraction of sp³-hybridized carbons (Fsp3) is 0.273. The molecule has 4 rings (SSSR count). The molecule has 0 saturated heterocycles. The molecule has 1 atom stereocenters. The fourth-order valence-electron chi connectivity index (χ4n) is 3.36. The van der Waals surface area contributed by atoms with Crippen LogP contribution in [0.1, 0.15) is 16.8 Å². The molecule has 1 aliphatic heterocycles. The third-order valence-corrected chi connectivity index (χ3v) is 6.11. The van der Waals surface area contributed by atoms with Crippen molar-refractivity contribution in [3.8, 4) is 5.69 Å². The summed E-state index contributed by atoms with van der Waals surface area (Å²) in [4.78, 5) is 11.9. The highest BCUT2D eigenvalue weighted by molar-refractivity contribution is 7.91. The van der Waals surface area contributed by atoms with Crippen molar-refractivity contribution in [3.05, 3.63) is 77.6 Å². The Balaban J connectivity index is 0.000000383. The number of rotatable bonds is 4. The molecule has 1 aromatic heterocycles. The third kappa shape index (κ3) is 6.65. The highest BCUT2D eigenvalue weighted by atomic mass is 32.2. The van der Waals surface area contributed by atoms with Crippen LogP contribution in [0, 0.1) is 4.78 Å². The van der Waals surface area contributed by atoms with Gasteiger partial charge in [0.05, 0.1) is 21.1 Å². The summed E-state index contributed by atoms with van der Waals surface area (Å²) in [6, 6.07) is 17.8. The molecule has 0 aliphatic carbocycles. The minimum Gasteiger partial charge on any atom is -0.475 e. The highest BCUT2D eigenvalue weighted by Gasteiger charge is 2.38. The predicted molar refractivity (Wildman–Crippen MR) is 117 cm³/mol. The van der Waals surface area contributed by atoms with Crippen LogP contribution in [0.15, 0.2) is 65.7 Å². The summed E-state index contributed by atoms with van der Waals surface area (Å²) in [6.07, 6.45) is -0.564. The first-order valence-corrected chi connectivity index (χ1v) is 11.9. The maximum Gasteiger partial charge on any atom is 0.490 e. The van der Waals surface area contributed by atoms with Gasteiger partial charge in [-0.05, 0) is 29.8 Å². The van der Waals surface area contributed by atoms with Crippen molar-refractivity contribution in [1.82, 2.24) is 14.7 Å². The maximum atomic E-state index is 12.0. The van der Waals surface area contributed by atoms with Crippen LogP contribution < -0.4 is 0 Å². The van der Waals surface area contributed by atoms with Gasteiger partial charge in [0.2, 0.25) is 0 Å². The molecule has 11 heteroatoms. The van der Waals surface area contributed by atoms with Gasteiger partial charge in [-0.25, -0.2) is 18.5 Å². The van der Waals surface area contributed by atoms with E-state index in [0.717, 1.165) is 37.3 Å². The number of hydrogen-bond acceptors (Lipinski definition) is 5. The summed E-state index contributed by atoms with van der Waals surface area (Å²) >= 11 is 0. The first-order chi connectivity index (χ1) is 15.4. The number of carboxylic acids is 1. The Bertz CT molecular complexity index is 1230. The van der Waals surface area contributed by atoms with E-state index >= 15 is 0 Å². The second kappa shape index (κ2) is 9.75. The monoisotopic (exact) mass is 480 g/mol. The number of aliphatic carboxylic acids is 1. The Morgan fingerprint density at radius 1 is 1.18 bits per heavy atom. The second-order valence-electron chi connectivity index (χ2n) is 7.64. The summed E-state index contributed by atoms with van der Waals surface area (Å²) in [5, 5.41) is 11.9. The van der Waals surface area contributed by atoms with E-state index in [4.69, 9.17) is 19.8 Å². The first kappa shape index (κ1) is 24.5. The van der Waals surface area contributed by atoms with Crippen molar-refractivity contribution < 1.29 is 27.3 Å². The van der Waals surface area contributed by atoms with E-state index in [9.17, 15) is 17.4 Å². The average molecular weight is 481 g/mol. The Morgan fingerprint density at radius 3 is 2.45 bits per heavy atom. The standard InChI is InChI=1S/C20H22N4OS.C2HF3O2/c1-26(21,25)19-9-5-6-16(12-19)13-23-11-10-20-17(14-23)15-24(22-20)18-7-3-2-4-8-18;3-2(4,5)1(6)7/h2-9,12,15,21H,10-11,13-14H2,1H3;(H,6,7). The number of alkyl halides is 3. The molecule has 7 nitrogen and oxygen atoms in total. The Labute approximate surface area is 189 Å². The molecule has 33 heavy (non-hydrogen) atoms. The molecule has 1 unspecified atom stereocenters. The minimum atomic E-state index is -5.08. The van der Waals surface area contributed by atoms with E-state index in [1.807, 2.05) is 41.1 Å². The number of fused-ring (bicyclic) bond motifs is 1. The Hall–Kier alpha value is -3.18. The van der Waals surface area contributed by atoms with Gasteiger partial charge in [-0.3, -0.25) is 4.90 Å². The smallest absolute Gasteiger partial charge is 0.475 e. The van der Waals surface area contributed by atoms with Crippen LogP contribution >= 0.6 is 0 Å². The number of carboxylic acid groups (broad SMARTS) is 1. The van der Waals surface area contributed by atoms with Crippen molar-refractivity contribution in [2.45, 2.75) is 30.6 Å². The van der Waals surface area contributed by atoms with Gasteiger partial charge in [0.1, 0.15) is 0 Å².